The van der Waals surface area contributed by atoms with E-state index in [1.54, 1.807) is 0 Å². The lowest BCUT2D eigenvalue weighted by molar-refractivity contribution is -0.142. The zero-order chi connectivity index (χ0) is 11.7. The van der Waals surface area contributed by atoms with Crippen LogP contribution in [0.1, 0.15) is 38.5 Å². The summed E-state index contributed by atoms with van der Waals surface area (Å²) in [6, 6.07) is 0. The first kappa shape index (κ1) is 11.2. The predicted octanol–water partition coefficient (Wildman–Crippen LogP) is 0.863. The first-order chi connectivity index (χ1) is 7.58. The Morgan fingerprint density at radius 2 is 1.00 bits per heavy atom. The fraction of sp³-hybridized carbons (Fsp3) is 0.667. The average Bonchev–Trinajstić information content (AvgIpc) is 2.25. The number of carbonyl (C=O) groups excluding carboxylic acids is 4. The van der Waals surface area contributed by atoms with Crippen LogP contribution in [0.5, 0.6) is 0 Å². The number of hydrogen-bond donors (Lipinski definition) is 0. The number of rotatable bonds is 1. The average molecular weight is 222 g/mol. The van der Waals surface area contributed by atoms with Crippen LogP contribution >= 0.6 is 0 Å². The molecule has 2 atom stereocenters. The lowest BCUT2D eigenvalue weighted by atomic mass is 9.71. The van der Waals surface area contributed by atoms with Gasteiger partial charge in [0, 0.05) is 50.4 Å². The van der Waals surface area contributed by atoms with Crippen LogP contribution < -0.4 is 0 Å². The summed E-state index contributed by atoms with van der Waals surface area (Å²) < 4.78 is 0. The van der Waals surface area contributed by atoms with Crippen molar-refractivity contribution in [1.29, 1.82) is 0 Å². The van der Waals surface area contributed by atoms with Crippen molar-refractivity contribution in [2.75, 3.05) is 0 Å². The molecule has 16 heavy (non-hydrogen) atoms. The van der Waals surface area contributed by atoms with Gasteiger partial charge >= 0.3 is 0 Å². The third-order valence-electron chi connectivity index (χ3n) is 3.51. The van der Waals surface area contributed by atoms with E-state index in [-0.39, 0.29) is 48.8 Å². The fourth-order valence-corrected chi connectivity index (χ4v) is 2.55. The van der Waals surface area contributed by atoms with Crippen LogP contribution in [0.15, 0.2) is 0 Å². The SMILES string of the molecule is O=C1CCC(=O)C(C2CC(=O)CCC2=O)C1. The molecule has 0 aromatic carbocycles. The summed E-state index contributed by atoms with van der Waals surface area (Å²) >= 11 is 0. The molecule has 0 amide bonds. The van der Waals surface area contributed by atoms with E-state index in [0.717, 1.165) is 0 Å². The van der Waals surface area contributed by atoms with Gasteiger partial charge in [0.15, 0.2) is 0 Å². The van der Waals surface area contributed by atoms with Crippen molar-refractivity contribution in [3.8, 4) is 0 Å². The predicted molar refractivity (Wildman–Crippen MR) is 54.7 cm³/mol. The summed E-state index contributed by atoms with van der Waals surface area (Å²) in [5.41, 5.74) is 0. The fourth-order valence-electron chi connectivity index (χ4n) is 2.55. The van der Waals surface area contributed by atoms with Gasteiger partial charge < -0.3 is 0 Å². The molecule has 2 rings (SSSR count). The summed E-state index contributed by atoms with van der Waals surface area (Å²) in [6.07, 6.45) is 1.38. The zero-order valence-corrected chi connectivity index (χ0v) is 9.03. The van der Waals surface area contributed by atoms with Crippen LogP contribution in [0.2, 0.25) is 0 Å². The summed E-state index contributed by atoms with van der Waals surface area (Å²) in [7, 11) is 0. The highest BCUT2D eigenvalue weighted by molar-refractivity contribution is 6.01. The molecule has 4 heteroatoms. The standard InChI is InChI=1S/C12H14O4/c13-7-1-3-11(15)9(5-7)10-6-8(14)2-4-12(10)16/h9-10H,1-6H2. The van der Waals surface area contributed by atoms with Gasteiger partial charge in [-0.05, 0) is 0 Å². The zero-order valence-electron chi connectivity index (χ0n) is 9.03. The van der Waals surface area contributed by atoms with E-state index in [0.29, 0.717) is 12.8 Å². The van der Waals surface area contributed by atoms with Crippen LogP contribution in [0.25, 0.3) is 0 Å². The topological polar surface area (TPSA) is 68.3 Å². The van der Waals surface area contributed by atoms with Crippen LogP contribution in [-0.4, -0.2) is 23.1 Å². The molecule has 0 aromatic rings. The first-order valence-corrected chi connectivity index (χ1v) is 5.66. The van der Waals surface area contributed by atoms with Crippen molar-refractivity contribution in [2.24, 2.45) is 11.8 Å². The highest BCUT2D eigenvalue weighted by Gasteiger charge is 2.40. The van der Waals surface area contributed by atoms with E-state index in [4.69, 9.17) is 0 Å². The van der Waals surface area contributed by atoms with Gasteiger partial charge in [-0.15, -0.1) is 0 Å². The summed E-state index contributed by atoms with van der Waals surface area (Å²) in [5.74, 6) is -0.998. The van der Waals surface area contributed by atoms with Gasteiger partial charge in [-0.25, -0.2) is 0 Å². The minimum atomic E-state index is -0.516. The highest BCUT2D eigenvalue weighted by atomic mass is 16.2. The maximum atomic E-state index is 11.7. The van der Waals surface area contributed by atoms with E-state index < -0.39 is 11.8 Å². The molecule has 2 aliphatic rings. The van der Waals surface area contributed by atoms with E-state index in [1.807, 2.05) is 0 Å². The number of Topliss-reactive ketones (excluding diaryl/α,β-unsaturated/α-hetero) is 4. The van der Waals surface area contributed by atoms with Crippen molar-refractivity contribution in [3.63, 3.8) is 0 Å². The van der Waals surface area contributed by atoms with Gasteiger partial charge in [0.2, 0.25) is 0 Å². The molecule has 2 unspecified atom stereocenters. The Morgan fingerprint density at radius 1 is 0.625 bits per heavy atom. The largest absolute Gasteiger partial charge is 0.300 e. The van der Waals surface area contributed by atoms with Crippen LogP contribution in [0.3, 0.4) is 0 Å². The van der Waals surface area contributed by atoms with Gasteiger partial charge in [-0.3, -0.25) is 19.2 Å². The Labute approximate surface area is 93.4 Å². The minimum Gasteiger partial charge on any atom is -0.300 e. The maximum Gasteiger partial charge on any atom is 0.137 e. The Balaban J connectivity index is 2.14. The molecule has 0 N–H and O–H groups in total. The van der Waals surface area contributed by atoms with Gasteiger partial charge in [-0.2, -0.15) is 0 Å². The van der Waals surface area contributed by atoms with Crippen molar-refractivity contribution in [1.82, 2.24) is 0 Å². The summed E-state index contributed by atoms with van der Waals surface area (Å²) in [4.78, 5) is 46.0. The van der Waals surface area contributed by atoms with Crippen LogP contribution in [0, 0.1) is 11.8 Å². The van der Waals surface area contributed by atoms with E-state index >= 15 is 0 Å². The lowest BCUT2D eigenvalue weighted by Crippen LogP contribution is -2.38. The third kappa shape index (κ3) is 2.10. The Hall–Kier alpha value is -1.32. The molecule has 0 spiro atoms. The number of ketones is 4. The molecule has 0 heterocycles. The molecule has 2 saturated carbocycles. The number of carbonyl (C=O) groups is 4. The summed E-state index contributed by atoms with van der Waals surface area (Å²) in [5, 5.41) is 0. The molecule has 0 radical (unpaired) electrons. The van der Waals surface area contributed by atoms with E-state index in [2.05, 4.69) is 0 Å². The maximum absolute atomic E-state index is 11.7. The third-order valence-corrected chi connectivity index (χ3v) is 3.51. The second-order valence-electron chi connectivity index (χ2n) is 4.63. The van der Waals surface area contributed by atoms with E-state index in [1.165, 1.54) is 0 Å². The normalized spacial score (nSPS) is 32.0. The first-order valence-electron chi connectivity index (χ1n) is 5.66. The van der Waals surface area contributed by atoms with Gasteiger partial charge in [0.1, 0.15) is 23.1 Å². The molecule has 0 saturated heterocycles. The van der Waals surface area contributed by atoms with Crippen LogP contribution in [-0.2, 0) is 19.2 Å². The van der Waals surface area contributed by atoms with E-state index in [9.17, 15) is 19.2 Å². The number of hydrogen-bond acceptors (Lipinski definition) is 4. The van der Waals surface area contributed by atoms with Crippen molar-refractivity contribution >= 4 is 23.1 Å². The second kappa shape index (κ2) is 4.28. The lowest BCUT2D eigenvalue weighted by Gasteiger charge is -2.29. The van der Waals surface area contributed by atoms with Crippen LogP contribution in [0.4, 0.5) is 0 Å². The molecular weight excluding hydrogens is 208 g/mol. The molecule has 0 aliphatic heterocycles. The van der Waals surface area contributed by atoms with Crippen molar-refractivity contribution < 1.29 is 19.2 Å². The summed E-state index contributed by atoms with van der Waals surface area (Å²) in [6.45, 7) is 0. The molecule has 4 nitrogen and oxygen atoms in total. The Kier molecular flexibility index (Phi) is 2.99. The van der Waals surface area contributed by atoms with Gasteiger partial charge in [-0.1, -0.05) is 0 Å². The van der Waals surface area contributed by atoms with Gasteiger partial charge in [0.25, 0.3) is 0 Å². The molecule has 2 fully saturated rings. The quantitative estimate of drug-likeness (QED) is 0.660. The molecule has 0 aromatic heterocycles. The molecule has 0 bridgehead atoms. The van der Waals surface area contributed by atoms with Crippen molar-refractivity contribution in [3.05, 3.63) is 0 Å². The molecule has 86 valence electrons. The molecular formula is C12H14O4. The second-order valence-corrected chi connectivity index (χ2v) is 4.63. The van der Waals surface area contributed by atoms with Crippen molar-refractivity contribution in [2.45, 2.75) is 38.5 Å². The Morgan fingerprint density at radius 3 is 1.38 bits per heavy atom. The molecule has 2 aliphatic carbocycles. The van der Waals surface area contributed by atoms with Gasteiger partial charge in [0.05, 0.1) is 0 Å². The minimum absolute atomic E-state index is 0.0207. The highest BCUT2D eigenvalue weighted by Crippen LogP contribution is 2.32. The monoisotopic (exact) mass is 222 g/mol. The smallest absolute Gasteiger partial charge is 0.137 e. The Bertz CT molecular complexity index is 333.